The molecule has 6 nitrogen and oxygen atoms in total. The minimum Gasteiger partial charge on any atom is -0.368 e. The van der Waals surface area contributed by atoms with Gasteiger partial charge in [0.15, 0.2) is 0 Å². The van der Waals surface area contributed by atoms with E-state index in [0.29, 0.717) is 39.2 Å². The summed E-state index contributed by atoms with van der Waals surface area (Å²) in [6.07, 6.45) is 7.20. The second kappa shape index (κ2) is 9.88. The van der Waals surface area contributed by atoms with Crippen molar-refractivity contribution in [3.63, 3.8) is 0 Å². The first-order valence-electron chi connectivity index (χ1n) is 10.9. The van der Waals surface area contributed by atoms with Crippen LogP contribution >= 0.6 is 0 Å². The maximum atomic E-state index is 13.3. The third kappa shape index (κ3) is 5.02. The second-order valence-corrected chi connectivity index (χ2v) is 8.20. The van der Waals surface area contributed by atoms with Crippen molar-refractivity contribution in [3.8, 4) is 11.1 Å². The van der Waals surface area contributed by atoms with Gasteiger partial charge in [0.2, 0.25) is 5.91 Å². The van der Waals surface area contributed by atoms with Crippen molar-refractivity contribution in [2.45, 2.75) is 25.4 Å². The lowest BCUT2D eigenvalue weighted by Gasteiger charge is -2.25. The van der Waals surface area contributed by atoms with Crippen molar-refractivity contribution in [2.75, 3.05) is 32.8 Å². The highest BCUT2D eigenvalue weighted by Crippen LogP contribution is 2.24. The smallest absolute Gasteiger partial charge is 0.251 e. The van der Waals surface area contributed by atoms with Crippen molar-refractivity contribution >= 4 is 11.8 Å². The Morgan fingerprint density at radius 3 is 2.77 bits per heavy atom. The lowest BCUT2D eigenvalue weighted by atomic mass is 9.95. The van der Waals surface area contributed by atoms with Crippen molar-refractivity contribution in [2.24, 2.45) is 5.92 Å². The van der Waals surface area contributed by atoms with Gasteiger partial charge in [-0.2, -0.15) is 0 Å². The second-order valence-electron chi connectivity index (χ2n) is 8.20. The molecule has 0 N–H and O–H groups in total. The summed E-state index contributed by atoms with van der Waals surface area (Å²) in [5, 5.41) is 0. The predicted octanol–water partition coefficient (Wildman–Crippen LogP) is 2.94. The number of carbonyl (C=O) groups excluding carboxylic acids is 2. The molecule has 2 aromatic rings. The van der Waals surface area contributed by atoms with Gasteiger partial charge in [0, 0.05) is 45.2 Å². The fourth-order valence-electron chi connectivity index (χ4n) is 4.42. The summed E-state index contributed by atoms with van der Waals surface area (Å²) in [6, 6.07) is 12.2. The molecule has 0 radical (unpaired) electrons. The average Bonchev–Trinajstić information content (AvgIpc) is 3.30. The molecule has 6 heteroatoms. The zero-order chi connectivity index (χ0) is 21.6. The fourth-order valence-corrected chi connectivity index (χ4v) is 4.42. The van der Waals surface area contributed by atoms with E-state index in [9.17, 15) is 9.59 Å². The zero-order valence-corrected chi connectivity index (χ0v) is 17.8. The Morgan fingerprint density at radius 2 is 2.03 bits per heavy atom. The maximum Gasteiger partial charge on any atom is 0.251 e. The average molecular weight is 420 g/mol. The number of hydrogen-bond acceptors (Lipinski definition) is 4. The molecule has 0 unspecified atom stereocenters. The highest BCUT2D eigenvalue weighted by atomic mass is 16.5. The van der Waals surface area contributed by atoms with E-state index in [4.69, 9.17) is 4.74 Å². The van der Waals surface area contributed by atoms with Gasteiger partial charge >= 0.3 is 0 Å². The van der Waals surface area contributed by atoms with Crippen LogP contribution in [0.1, 0.15) is 18.4 Å². The van der Waals surface area contributed by atoms with Crippen molar-refractivity contribution < 1.29 is 14.3 Å². The molecule has 0 saturated carbocycles. The summed E-state index contributed by atoms with van der Waals surface area (Å²) in [5.74, 6) is -0.196. The Kier molecular flexibility index (Phi) is 6.77. The predicted molar refractivity (Wildman–Crippen MR) is 119 cm³/mol. The zero-order valence-electron chi connectivity index (χ0n) is 17.8. The van der Waals surface area contributed by atoms with E-state index in [1.807, 2.05) is 34.1 Å². The third-order valence-corrected chi connectivity index (χ3v) is 6.03. The molecule has 2 saturated heterocycles. The number of pyridine rings is 1. The van der Waals surface area contributed by atoms with Gasteiger partial charge in [-0.1, -0.05) is 30.3 Å². The van der Waals surface area contributed by atoms with Gasteiger partial charge in [-0.15, -0.1) is 6.58 Å². The molecule has 1 aromatic carbocycles. The monoisotopic (exact) mass is 419 g/mol. The van der Waals surface area contributed by atoms with Gasteiger partial charge < -0.3 is 14.5 Å². The summed E-state index contributed by atoms with van der Waals surface area (Å²) in [4.78, 5) is 34.0. The molecule has 162 valence electrons. The fraction of sp³-hybridized carbons (Fsp3) is 0.400. The Balaban J connectivity index is 1.55. The number of hydrogen-bond donors (Lipinski definition) is 0. The van der Waals surface area contributed by atoms with Gasteiger partial charge in [0.05, 0.1) is 5.92 Å². The number of carbonyl (C=O) groups is 2. The highest BCUT2D eigenvalue weighted by molar-refractivity contribution is 5.84. The number of rotatable bonds is 6. The van der Waals surface area contributed by atoms with E-state index in [1.54, 1.807) is 18.5 Å². The molecule has 2 atom stereocenters. The van der Waals surface area contributed by atoms with Gasteiger partial charge in [-0.05, 0) is 48.1 Å². The lowest BCUT2D eigenvalue weighted by molar-refractivity contribution is -0.141. The number of nitrogens with zero attached hydrogens (tertiary/aromatic N) is 3. The number of aromatic nitrogens is 1. The van der Waals surface area contributed by atoms with Crippen LogP contribution < -0.4 is 0 Å². The van der Waals surface area contributed by atoms with Crippen LogP contribution in [0.3, 0.4) is 0 Å². The van der Waals surface area contributed by atoms with Crippen LogP contribution in [0.25, 0.3) is 11.1 Å². The van der Waals surface area contributed by atoms with Crippen LogP contribution in [0.15, 0.2) is 61.4 Å². The summed E-state index contributed by atoms with van der Waals surface area (Å²) in [5.41, 5.74) is 3.27. The quantitative estimate of drug-likeness (QED) is 0.676. The van der Waals surface area contributed by atoms with Gasteiger partial charge in [-0.25, -0.2) is 0 Å². The molecule has 4 rings (SSSR count). The Bertz CT molecular complexity index is 925. The summed E-state index contributed by atoms with van der Waals surface area (Å²) < 4.78 is 5.62. The lowest BCUT2D eigenvalue weighted by Crippen LogP contribution is -2.42. The summed E-state index contributed by atoms with van der Waals surface area (Å²) in [7, 11) is 0. The molecule has 0 spiro atoms. The van der Waals surface area contributed by atoms with Crippen LogP contribution in [0.4, 0.5) is 0 Å². The first kappa shape index (κ1) is 21.2. The molecule has 0 bridgehead atoms. The molecule has 1 aromatic heterocycles. The highest BCUT2D eigenvalue weighted by Gasteiger charge is 2.35. The van der Waals surface area contributed by atoms with Crippen LogP contribution in [0, 0.1) is 5.92 Å². The molecular weight excluding hydrogens is 390 g/mol. The normalized spacial score (nSPS) is 21.7. The van der Waals surface area contributed by atoms with Crippen LogP contribution in [-0.4, -0.2) is 65.5 Å². The minimum atomic E-state index is -0.364. The van der Waals surface area contributed by atoms with Gasteiger partial charge in [0.25, 0.3) is 5.91 Å². The van der Waals surface area contributed by atoms with E-state index < -0.39 is 0 Å². The van der Waals surface area contributed by atoms with E-state index in [2.05, 4.69) is 23.7 Å². The molecule has 2 aliphatic rings. The van der Waals surface area contributed by atoms with Crippen molar-refractivity contribution in [1.29, 1.82) is 0 Å². The molecule has 31 heavy (non-hydrogen) atoms. The van der Waals surface area contributed by atoms with E-state index in [0.717, 1.165) is 29.5 Å². The first-order chi connectivity index (χ1) is 15.2. The number of benzene rings is 1. The van der Waals surface area contributed by atoms with Gasteiger partial charge in [-0.3, -0.25) is 14.6 Å². The molecule has 2 fully saturated rings. The van der Waals surface area contributed by atoms with Crippen LogP contribution in [0.2, 0.25) is 0 Å². The summed E-state index contributed by atoms with van der Waals surface area (Å²) >= 11 is 0. The molecule has 2 amide bonds. The Labute approximate surface area is 183 Å². The molecular formula is C25H29N3O3. The number of ether oxygens (including phenoxy) is 1. The van der Waals surface area contributed by atoms with Crippen molar-refractivity contribution in [3.05, 3.63) is 67.0 Å². The van der Waals surface area contributed by atoms with Crippen LogP contribution in [-0.2, 0) is 20.7 Å². The topological polar surface area (TPSA) is 62.7 Å². The minimum absolute atomic E-state index is 0.0151. The first-order valence-corrected chi connectivity index (χ1v) is 10.9. The van der Waals surface area contributed by atoms with E-state index in [1.165, 1.54) is 0 Å². The maximum absolute atomic E-state index is 13.3. The third-order valence-electron chi connectivity index (χ3n) is 6.03. The molecule has 0 aliphatic carbocycles. The Morgan fingerprint density at radius 1 is 1.19 bits per heavy atom. The van der Waals surface area contributed by atoms with E-state index in [-0.39, 0.29) is 23.8 Å². The van der Waals surface area contributed by atoms with E-state index >= 15 is 0 Å². The molecule has 2 aliphatic heterocycles. The summed E-state index contributed by atoms with van der Waals surface area (Å²) in [6.45, 7) is 6.40. The largest absolute Gasteiger partial charge is 0.368 e. The standard InChI is InChI=1S/C25H29N3O3/c1-2-12-27-13-14-28(25(30)23-7-4-15-31-23)18-22(24(27)29)17-19-5-3-6-21(16-19)20-8-10-26-11-9-20/h2-3,5-6,8-11,16,22-23H,1,4,7,12-15,17-18H2/t22-,23-/m1/s1. The van der Waals surface area contributed by atoms with Crippen LogP contribution in [0.5, 0.6) is 0 Å². The SMILES string of the molecule is C=CCN1CCN(C(=O)[C@H]2CCCO2)C[C@@H](Cc2cccc(-c3ccncc3)c2)C1=O. The van der Waals surface area contributed by atoms with Gasteiger partial charge in [0.1, 0.15) is 6.10 Å². The Hall–Kier alpha value is -2.99. The molecule has 3 heterocycles. The van der Waals surface area contributed by atoms with Crippen molar-refractivity contribution in [1.82, 2.24) is 14.8 Å². The number of amides is 2.